The van der Waals surface area contributed by atoms with Crippen molar-refractivity contribution in [2.24, 2.45) is 0 Å². The summed E-state index contributed by atoms with van der Waals surface area (Å²) < 4.78 is 5.13. The number of fused-ring (bicyclic) bond motifs is 2. The topological polar surface area (TPSA) is 102 Å². The maximum absolute atomic E-state index is 4.97. The molecule has 1 N–H and O–H groups in total. The fourth-order valence-corrected chi connectivity index (χ4v) is 4.97. The number of pyridine rings is 2. The van der Waals surface area contributed by atoms with E-state index in [-0.39, 0.29) is 0 Å². The molecule has 0 radical (unpaired) electrons. The molecule has 6 rings (SSSR count). The fourth-order valence-electron chi connectivity index (χ4n) is 4.37. The maximum Gasteiger partial charge on any atom is 0.205 e. The van der Waals surface area contributed by atoms with E-state index in [4.69, 9.17) is 9.97 Å². The third-order valence-corrected chi connectivity index (χ3v) is 6.84. The van der Waals surface area contributed by atoms with Gasteiger partial charge >= 0.3 is 0 Å². The Morgan fingerprint density at radius 2 is 1.91 bits per heavy atom. The van der Waals surface area contributed by atoms with Crippen LogP contribution >= 0.6 is 15.9 Å². The van der Waals surface area contributed by atoms with Gasteiger partial charge in [-0.1, -0.05) is 37.6 Å². The number of aromatic nitrogens is 9. The number of nitrogens with zero attached hydrogens (tertiary/aromatic N) is 8. The molecule has 0 bridgehead atoms. The molecule has 0 amide bonds. The molecule has 0 saturated carbocycles. The first-order valence-electron chi connectivity index (χ1n) is 11.5. The van der Waals surface area contributed by atoms with E-state index in [0.717, 1.165) is 68.9 Å². The largest absolute Gasteiger partial charge is 0.308 e. The lowest BCUT2D eigenvalue weighted by atomic mass is 10.0. The van der Waals surface area contributed by atoms with Crippen LogP contribution < -0.4 is 0 Å². The number of hydrogen-bond acceptors (Lipinski definition) is 6. The van der Waals surface area contributed by atoms with E-state index in [1.807, 2.05) is 53.2 Å². The van der Waals surface area contributed by atoms with Crippen molar-refractivity contribution in [3.63, 3.8) is 0 Å². The zero-order valence-corrected chi connectivity index (χ0v) is 20.6. The van der Waals surface area contributed by atoms with E-state index in [9.17, 15) is 0 Å². The van der Waals surface area contributed by atoms with Gasteiger partial charge in [0.1, 0.15) is 27.3 Å². The van der Waals surface area contributed by atoms with Crippen molar-refractivity contribution in [1.29, 1.82) is 0 Å². The summed E-state index contributed by atoms with van der Waals surface area (Å²) in [6.45, 7) is 2.88. The van der Waals surface area contributed by atoms with E-state index in [2.05, 4.69) is 65.2 Å². The minimum atomic E-state index is 0.532. The van der Waals surface area contributed by atoms with Crippen molar-refractivity contribution in [3.05, 3.63) is 76.9 Å². The van der Waals surface area contributed by atoms with Crippen LogP contribution in [-0.4, -0.2) is 44.5 Å². The number of halogens is 1. The van der Waals surface area contributed by atoms with Gasteiger partial charge in [-0.3, -0.25) is 4.40 Å². The molecule has 5 heterocycles. The average Bonchev–Trinajstić information content (AvgIpc) is 3.62. The smallest absolute Gasteiger partial charge is 0.205 e. The van der Waals surface area contributed by atoms with E-state index in [1.54, 1.807) is 0 Å². The first-order valence-corrected chi connectivity index (χ1v) is 12.3. The van der Waals surface area contributed by atoms with Gasteiger partial charge in [0.2, 0.25) is 5.82 Å². The van der Waals surface area contributed by atoms with Crippen LogP contribution in [0.25, 0.3) is 39.5 Å². The van der Waals surface area contributed by atoms with Gasteiger partial charge in [0.05, 0.1) is 6.54 Å². The highest BCUT2D eigenvalue weighted by molar-refractivity contribution is 9.10. The van der Waals surface area contributed by atoms with Gasteiger partial charge in [-0.25, -0.2) is 15.0 Å². The molecule has 5 aromatic heterocycles. The summed E-state index contributed by atoms with van der Waals surface area (Å²) in [5, 5.41) is 14.5. The quantitative estimate of drug-likeness (QED) is 0.310. The highest BCUT2D eigenvalue weighted by Gasteiger charge is 2.18. The van der Waals surface area contributed by atoms with Gasteiger partial charge in [0.15, 0.2) is 5.65 Å². The molecule has 0 aliphatic rings. The molecule has 9 nitrogen and oxygen atoms in total. The standard InChI is InChI=1S/C25H22BrN9/c1-2-3-10-20-28-19-9-6-12-27-25(19)35(20)15-16-11-13-34-21(14-16)29-22(23(34)26)17-7-4-5-8-18(17)24-30-32-33-31-24/h4-9,11-14H,2-3,10,15H2,1H3,(H,30,31,32,33). The van der Waals surface area contributed by atoms with E-state index in [0.29, 0.717) is 12.4 Å². The summed E-state index contributed by atoms with van der Waals surface area (Å²) in [4.78, 5) is 14.4. The maximum atomic E-state index is 4.97. The van der Waals surface area contributed by atoms with Crippen LogP contribution in [0.2, 0.25) is 0 Å². The van der Waals surface area contributed by atoms with Crippen molar-refractivity contribution in [2.45, 2.75) is 32.7 Å². The van der Waals surface area contributed by atoms with Crippen molar-refractivity contribution in [2.75, 3.05) is 0 Å². The van der Waals surface area contributed by atoms with Crippen LogP contribution in [-0.2, 0) is 13.0 Å². The molecule has 0 aliphatic heterocycles. The van der Waals surface area contributed by atoms with Gasteiger partial charge in [0, 0.05) is 29.9 Å². The normalized spacial score (nSPS) is 11.6. The lowest BCUT2D eigenvalue weighted by Crippen LogP contribution is -2.06. The van der Waals surface area contributed by atoms with Crippen LogP contribution in [0.15, 0.2) is 65.5 Å². The second-order valence-electron chi connectivity index (χ2n) is 8.36. The molecule has 0 fully saturated rings. The number of rotatable bonds is 7. The van der Waals surface area contributed by atoms with Crippen molar-refractivity contribution >= 4 is 32.7 Å². The van der Waals surface area contributed by atoms with Crippen molar-refractivity contribution < 1.29 is 0 Å². The highest BCUT2D eigenvalue weighted by Crippen LogP contribution is 2.35. The molecule has 174 valence electrons. The average molecular weight is 528 g/mol. The minimum absolute atomic E-state index is 0.532. The molecule has 0 unspecified atom stereocenters. The lowest BCUT2D eigenvalue weighted by molar-refractivity contribution is 0.686. The molecule has 0 aliphatic carbocycles. The summed E-state index contributed by atoms with van der Waals surface area (Å²) >= 11 is 3.75. The van der Waals surface area contributed by atoms with E-state index < -0.39 is 0 Å². The Kier molecular flexibility index (Phi) is 5.57. The SMILES string of the molecule is CCCCc1nc2cccnc2n1Cc1ccn2c(Br)c(-c3ccccc3-c3nn[nH]n3)nc2c1. The zero-order chi connectivity index (χ0) is 23.8. The van der Waals surface area contributed by atoms with Crippen LogP contribution in [0.5, 0.6) is 0 Å². The number of hydrogen-bond donors (Lipinski definition) is 1. The molecule has 0 saturated heterocycles. The first kappa shape index (κ1) is 21.6. The summed E-state index contributed by atoms with van der Waals surface area (Å²) in [7, 11) is 0. The van der Waals surface area contributed by atoms with Gasteiger partial charge < -0.3 is 4.57 Å². The Morgan fingerprint density at radius 1 is 1.03 bits per heavy atom. The molecule has 0 atom stereocenters. The number of benzene rings is 1. The monoisotopic (exact) mass is 527 g/mol. The predicted octanol–water partition coefficient (Wildman–Crippen LogP) is 5.08. The molecule has 10 heteroatoms. The molecule has 6 aromatic rings. The van der Waals surface area contributed by atoms with Crippen molar-refractivity contribution in [3.8, 4) is 22.6 Å². The molecule has 0 spiro atoms. The Hall–Kier alpha value is -3.92. The number of imidazole rings is 2. The number of aryl methyl sites for hydroxylation is 1. The van der Waals surface area contributed by atoms with Gasteiger partial charge in [-0.15, -0.1) is 10.2 Å². The van der Waals surface area contributed by atoms with Gasteiger partial charge in [0.25, 0.3) is 0 Å². The van der Waals surface area contributed by atoms with E-state index >= 15 is 0 Å². The number of aromatic amines is 1. The Labute approximate surface area is 209 Å². The fraction of sp³-hybridized carbons (Fsp3) is 0.200. The summed E-state index contributed by atoms with van der Waals surface area (Å²) in [5.41, 5.74) is 6.44. The number of tetrazole rings is 1. The van der Waals surface area contributed by atoms with Gasteiger partial charge in [-0.05, 0) is 57.4 Å². The number of H-pyrrole nitrogens is 1. The third-order valence-electron chi connectivity index (χ3n) is 6.08. The summed E-state index contributed by atoms with van der Waals surface area (Å²) in [6.07, 6.45) is 7.02. The second-order valence-corrected chi connectivity index (χ2v) is 9.11. The second kappa shape index (κ2) is 9.03. The molecular formula is C25H22BrN9. The number of nitrogens with one attached hydrogen (secondary N) is 1. The van der Waals surface area contributed by atoms with Crippen LogP contribution in [0.3, 0.4) is 0 Å². The summed E-state index contributed by atoms with van der Waals surface area (Å²) in [5.74, 6) is 1.60. The Balaban J connectivity index is 1.41. The third kappa shape index (κ3) is 3.89. The van der Waals surface area contributed by atoms with Gasteiger partial charge in [-0.2, -0.15) is 5.21 Å². The lowest BCUT2D eigenvalue weighted by Gasteiger charge is -2.09. The van der Waals surface area contributed by atoms with Crippen LogP contribution in [0, 0.1) is 0 Å². The Morgan fingerprint density at radius 3 is 2.74 bits per heavy atom. The molecule has 1 aromatic carbocycles. The molecule has 35 heavy (non-hydrogen) atoms. The highest BCUT2D eigenvalue weighted by atomic mass is 79.9. The number of unbranched alkanes of at least 4 members (excludes halogenated alkanes) is 1. The van der Waals surface area contributed by atoms with Crippen LogP contribution in [0.4, 0.5) is 0 Å². The van der Waals surface area contributed by atoms with E-state index in [1.165, 1.54) is 0 Å². The minimum Gasteiger partial charge on any atom is -0.308 e. The predicted molar refractivity (Wildman–Crippen MR) is 137 cm³/mol. The zero-order valence-electron chi connectivity index (χ0n) is 19.1. The molecular weight excluding hydrogens is 506 g/mol. The summed E-state index contributed by atoms with van der Waals surface area (Å²) in [6, 6.07) is 16.1. The first-order chi connectivity index (χ1) is 17.2. The van der Waals surface area contributed by atoms with Crippen molar-refractivity contribution in [1.82, 2.24) is 44.5 Å². The Bertz CT molecular complexity index is 1630. The van der Waals surface area contributed by atoms with Crippen LogP contribution in [0.1, 0.15) is 31.2 Å².